The van der Waals surface area contributed by atoms with Gasteiger partial charge in [-0.15, -0.1) is 11.3 Å². The average Bonchev–Trinajstić information content (AvgIpc) is 2.56. The zero-order valence-electron chi connectivity index (χ0n) is 8.40. The summed E-state index contributed by atoms with van der Waals surface area (Å²) in [4.78, 5) is 8.36. The largest absolute Gasteiger partial charge is 0.236 e. The molecule has 1 fully saturated rings. The van der Waals surface area contributed by atoms with Crippen molar-refractivity contribution in [2.24, 2.45) is 0 Å². The summed E-state index contributed by atoms with van der Waals surface area (Å²) in [5.74, 6) is 0. The highest BCUT2D eigenvalue weighted by Gasteiger charge is 2.39. The Morgan fingerprint density at radius 1 is 1.50 bits per heavy atom. The molecule has 0 N–H and O–H groups in total. The lowest BCUT2D eigenvalue weighted by atomic mass is 9.66. The van der Waals surface area contributed by atoms with Crippen molar-refractivity contribution in [1.29, 1.82) is 5.26 Å². The molecular weight excluding hydrogens is 242 g/mol. The molecule has 0 saturated heterocycles. The first kappa shape index (κ1) is 10.0. The highest BCUT2D eigenvalue weighted by molar-refractivity contribution is 7.22. The van der Waals surface area contributed by atoms with Crippen LogP contribution in [0.15, 0.2) is 12.3 Å². The van der Waals surface area contributed by atoms with Gasteiger partial charge in [0.05, 0.1) is 16.2 Å². The molecule has 0 unspecified atom stereocenters. The van der Waals surface area contributed by atoms with E-state index in [1.807, 2.05) is 6.07 Å². The number of hydrogen-bond donors (Lipinski definition) is 0. The molecule has 2 heterocycles. The summed E-state index contributed by atoms with van der Waals surface area (Å²) in [6, 6.07) is 4.42. The Hall–Kier alpha value is -1.18. The van der Waals surface area contributed by atoms with E-state index in [1.165, 1.54) is 11.3 Å². The second-order valence-corrected chi connectivity index (χ2v) is 5.67. The van der Waals surface area contributed by atoms with Gasteiger partial charge in [0.2, 0.25) is 0 Å². The van der Waals surface area contributed by atoms with Crippen molar-refractivity contribution >= 4 is 33.3 Å². The van der Waals surface area contributed by atoms with Crippen LogP contribution < -0.4 is 0 Å². The van der Waals surface area contributed by atoms with Crippen molar-refractivity contribution in [3.05, 3.63) is 22.3 Å². The molecule has 0 radical (unpaired) electrons. The van der Waals surface area contributed by atoms with Crippen LogP contribution in [0.5, 0.6) is 0 Å². The molecular formula is C11H8ClN3S. The van der Waals surface area contributed by atoms with Crippen molar-refractivity contribution in [3.8, 4) is 6.07 Å². The van der Waals surface area contributed by atoms with E-state index in [9.17, 15) is 5.26 Å². The molecule has 0 atom stereocenters. The number of halogens is 1. The number of rotatable bonds is 1. The van der Waals surface area contributed by atoms with Gasteiger partial charge in [-0.1, -0.05) is 11.6 Å². The number of thiazole rings is 1. The van der Waals surface area contributed by atoms with Crippen LogP contribution in [0, 0.1) is 11.3 Å². The third-order valence-electron chi connectivity index (χ3n) is 3.19. The van der Waals surface area contributed by atoms with Crippen LogP contribution in [0.25, 0.3) is 10.3 Å². The molecule has 1 saturated carbocycles. The van der Waals surface area contributed by atoms with Crippen LogP contribution in [-0.4, -0.2) is 9.97 Å². The maximum Gasteiger partial charge on any atom is 0.186 e. The fourth-order valence-corrected chi connectivity index (χ4v) is 3.07. The van der Waals surface area contributed by atoms with Gasteiger partial charge in [0, 0.05) is 6.20 Å². The van der Waals surface area contributed by atoms with Gasteiger partial charge in [0.1, 0.15) is 0 Å². The van der Waals surface area contributed by atoms with Crippen LogP contribution in [0.1, 0.15) is 24.8 Å². The van der Waals surface area contributed by atoms with E-state index < -0.39 is 0 Å². The summed E-state index contributed by atoms with van der Waals surface area (Å²) in [7, 11) is 0. The Morgan fingerprint density at radius 3 is 2.94 bits per heavy atom. The summed E-state index contributed by atoms with van der Waals surface area (Å²) in [6.45, 7) is 0. The standard InChI is InChI=1S/C11H8ClN3S/c12-10-15-9-8(16-10)4-7(5-14-9)11(6-13)2-1-3-11/h4-5H,1-3H2. The van der Waals surface area contributed by atoms with Gasteiger partial charge in [-0.25, -0.2) is 9.97 Å². The predicted molar refractivity (Wildman–Crippen MR) is 63.6 cm³/mol. The summed E-state index contributed by atoms with van der Waals surface area (Å²) >= 11 is 7.24. The number of nitriles is 1. The molecule has 1 aliphatic carbocycles. The van der Waals surface area contributed by atoms with E-state index >= 15 is 0 Å². The maximum atomic E-state index is 9.25. The number of aromatic nitrogens is 2. The quantitative estimate of drug-likeness (QED) is 0.779. The zero-order chi connectivity index (χ0) is 11.2. The topological polar surface area (TPSA) is 49.6 Å². The second kappa shape index (κ2) is 3.41. The SMILES string of the molecule is N#CC1(c2cnc3nc(Cl)sc3c2)CCC1. The molecule has 16 heavy (non-hydrogen) atoms. The number of pyridine rings is 1. The van der Waals surface area contributed by atoms with Crippen molar-refractivity contribution < 1.29 is 0 Å². The van der Waals surface area contributed by atoms with Crippen molar-refractivity contribution in [2.75, 3.05) is 0 Å². The van der Waals surface area contributed by atoms with Gasteiger partial charge in [-0.3, -0.25) is 0 Å². The lowest BCUT2D eigenvalue weighted by molar-refractivity contribution is 0.323. The normalized spacial score (nSPS) is 18.0. The Morgan fingerprint density at radius 2 is 2.31 bits per heavy atom. The van der Waals surface area contributed by atoms with E-state index in [-0.39, 0.29) is 5.41 Å². The van der Waals surface area contributed by atoms with Gasteiger partial charge in [-0.2, -0.15) is 5.26 Å². The van der Waals surface area contributed by atoms with Gasteiger partial charge >= 0.3 is 0 Å². The van der Waals surface area contributed by atoms with E-state index in [2.05, 4.69) is 16.0 Å². The summed E-state index contributed by atoms with van der Waals surface area (Å²) in [5, 5.41) is 9.25. The van der Waals surface area contributed by atoms with Crippen LogP contribution in [0.4, 0.5) is 0 Å². The highest BCUT2D eigenvalue weighted by atomic mass is 35.5. The van der Waals surface area contributed by atoms with Crippen LogP contribution in [0.2, 0.25) is 4.47 Å². The van der Waals surface area contributed by atoms with E-state index in [1.54, 1.807) is 6.20 Å². The minimum atomic E-state index is -0.308. The van der Waals surface area contributed by atoms with Crippen molar-refractivity contribution in [1.82, 2.24) is 9.97 Å². The summed E-state index contributed by atoms with van der Waals surface area (Å²) < 4.78 is 1.46. The second-order valence-electron chi connectivity index (χ2n) is 4.06. The number of nitrogens with zero attached hydrogens (tertiary/aromatic N) is 3. The zero-order valence-corrected chi connectivity index (χ0v) is 9.98. The Bertz CT molecular complexity index is 595. The molecule has 0 aromatic carbocycles. The maximum absolute atomic E-state index is 9.25. The Labute approximate surface area is 102 Å². The molecule has 0 amide bonds. The molecule has 2 aromatic rings. The lowest BCUT2D eigenvalue weighted by Crippen LogP contribution is -2.32. The molecule has 3 nitrogen and oxygen atoms in total. The summed E-state index contributed by atoms with van der Waals surface area (Å²) in [5.41, 5.74) is 1.37. The third-order valence-corrected chi connectivity index (χ3v) is 4.29. The monoisotopic (exact) mass is 249 g/mol. The molecule has 3 rings (SSSR count). The Kier molecular flexibility index (Phi) is 2.13. The van der Waals surface area contributed by atoms with Gasteiger partial charge in [0.15, 0.2) is 10.1 Å². The van der Waals surface area contributed by atoms with Gasteiger partial charge in [-0.05, 0) is 30.9 Å². The number of hydrogen-bond acceptors (Lipinski definition) is 4. The summed E-state index contributed by atoms with van der Waals surface area (Å²) in [6.07, 6.45) is 4.75. The molecule has 1 aliphatic rings. The molecule has 5 heteroatoms. The fourth-order valence-electron chi connectivity index (χ4n) is 2.05. The highest BCUT2D eigenvalue weighted by Crippen LogP contribution is 2.43. The fraction of sp³-hybridized carbons (Fsp3) is 0.364. The van der Waals surface area contributed by atoms with Gasteiger partial charge in [0.25, 0.3) is 0 Å². The Balaban J connectivity index is 2.15. The van der Waals surface area contributed by atoms with Crippen LogP contribution >= 0.6 is 22.9 Å². The molecule has 0 bridgehead atoms. The van der Waals surface area contributed by atoms with E-state index in [0.717, 1.165) is 29.5 Å². The first-order chi connectivity index (χ1) is 7.73. The first-order valence-electron chi connectivity index (χ1n) is 5.07. The average molecular weight is 250 g/mol. The van der Waals surface area contributed by atoms with Crippen molar-refractivity contribution in [2.45, 2.75) is 24.7 Å². The van der Waals surface area contributed by atoms with Crippen LogP contribution in [0.3, 0.4) is 0 Å². The predicted octanol–water partition coefficient (Wildman–Crippen LogP) is 3.29. The smallest absolute Gasteiger partial charge is 0.186 e. The van der Waals surface area contributed by atoms with Crippen LogP contribution in [-0.2, 0) is 5.41 Å². The molecule has 0 aliphatic heterocycles. The van der Waals surface area contributed by atoms with Gasteiger partial charge < -0.3 is 0 Å². The molecule has 0 spiro atoms. The lowest BCUT2D eigenvalue weighted by Gasteiger charge is -2.35. The minimum absolute atomic E-state index is 0.308. The van der Waals surface area contributed by atoms with E-state index in [4.69, 9.17) is 11.6 Å². The molecule has 80 valence electrons. The van der Waals surface area contributed by atoms with Crippen molar-refractivity contribution in [3.63, 3.8) is 0 Å². The molecule has 2 aromatic heterocycles. The first-order valence-corrected chi connectivity index (χ1v) is 6.27. The minimum Gasteiger partial charge on any atom is -0.236 e. The van der Waals surface area contributed by atoms with E-state index in [0.29, 0.717) is 10.1 Å². The third kappa shape index (κ3) is 1.32. The number of fused-ring (bicyclic) bond motifs is 1.